The lowest BCUT2D eigenvalue weighted by atomic mass is 9.95. The minimum Gasteiger partial charge on any atom is -0.481 e. The summed E-state index contributed by atoms with van der Waals surface area (Å²) in [6.45, 7) is 4.89. The number of benzene rings is 1. The zero-order valence-electron chi connectivity index (χ0n) is 10.9. The molecule has 18 heavy (non-hydrogen) atoms. The summed E-state index contributed by atoms with van der Waals surface area (Å²) in [7, 11) is 0. The van der Waals surface area contributed by atoms with Crippen molar-refractivity contribution in [2.75, 3.05) is 19.6 Å². The van der Waals surface area contributed by atoms with Crippen molar-refractivity contribution < 1.29 is 9.90 Å². The number of aliphatic carboxylic acids is 1. The minimum atomic E-state index is -0.646. The number of hydrogen-bond acceptors (Lipinski definition) is 2. The number of carbonyl (C=O) groups is 1. The Balaban J connectivity index is 1.91. The molecule has 0 amide bonds. The Labute approximate surface area is 108 Å². The number of rotatable bonds is 4. The summed E-state index contributed by atoms with van der Waals surface area (Å²) in [5.41, 5.74) is 1.33. The summed E-state index contributed by atoms with van der Waals surface area (Å²) in [6, 6.07) is 10.4. The smallest absolute Gasteiger partial charge is 0.307 e. The van der Waals surface area contributed by atoms with E-state index in [1.54, 1.807) is 0 Å². The first-order chi connectivity index (χ1) is 8.66. The summed E-state index contributed by atoms with van der Waals surface area (Å²) >= 11 is 0. The van der Waals surface area contributed by atoms with E-state index in [4.69, 9.17) is 5.11 Å². The van der Waals surface area contributed by atoms with Crippen molar-refractivity contribution in [3.05, 3.63) is 35.9 Å². The fourth-order valence-electron chi connectivity index (χ4n) is 2.70. The van der Waals surface area contributed by atoms with Crippen LogP contribution >= 0.6 is 0 Å². The van der Waals surface area contributed by atoms with E-state index in [-0.39, 0.29) is 5.92 Å². The van der Waals surface area contributed by atoms with Gasteiger partial charge in [0.05, 0.1) is 5.92 Å². The van der Waals surface area contributed by atoms with Crippen LogP contribution in [0.3, 0.4) is 0 Å². The van der Waals surface area contributed by atoms with Gasteiger partial charge in [-0.3, -0.25) is 4.79 Å². The fourth-order valence-corrected chi connectivity index (χ4v) is 2.70. The Morgan fingerprint density at radius 2 is 2.17 bits per heavy atom. The highest BCUT2D eigenvalue weighted by molar-refractivity contribution is 5.70. The van der Waals surface area contributed by atoms with Crippen molar-refractivity contribution in [1.29, 1.82) is 0 Å². The van der Waals surface area contributed by atoms with E-state index in [9.17, 15) is 4.79 Å². The van der Waals surface area contributed by atoms with E-state index in [2.05, 4.69) is 36.1 Å². The molecule has 1 N–H and O–H groups in total. The maximum Gasteiger partial charge on any atom is 0.307 e. The van der Waals surface area contributed by atoms with E-state index < -0.39 is 5.97 Å². The molecular formula is C15H21NO2. The summed E-state index contributed by atoms with van der Waals surface area (Å²) in [4.78, 5) is 13.3. The Bertz CT molecular complexity index is 391. The largest absolute Gasteiger partial charge is 0.481 e. The average molecular weight is 247 g/mol. The highest BCUT2D eigenvalue weighted by atomic mass is 16.4. The molecule has 2 rings (SSSR count). The number of carboxylic acid groups (broad SMARTS) is 1. The molecule has 1 saturated heterocycles. The Morgan fingerprint density at radius 1 is 1.44 bits per heavy atom. The molecular weight excluding hydrogens is 226 g/mol. The highest BCUT2D eigenvalue weighted by Gasteiger charge is 2.26. The average Bonchev–Trinajstić information content (AvgIpc) is 2.40. The quantitative estimate of drug-likeness (QED) is 0.889. The van der Waals surface area contributed by atoms with Crippen molar-refractivity contribution >= 4 is 5.97 Å². The van der Waals surface area contributed by atoms with Crippen LogP contribution in [-0.4, -0.2) is 35.6 Å². The van der Waals surface area contributed by atoms with Crippen molar-refractivity contribution in [2.45, 2.75) is 25.7 Å². The van der Waals surface area contributed by atoms with Crippen molar-refractivity contribution in [3.63, 3.8) is 0 Å². The molecule has 3 heteroatoms. The lowest BCUT2D eigenvalue weighted by molar-refractivity contribution is -0.143. The molecule has 2 unspecified atom stereocenters. The van der Waals surface area contributed by atoms with E-state index >= 15 is 0 Å². The van der Waals surface area contributed by atoms with E-state index in [1.807, 2.05) is 6.07 Å². The second-order valence-corrected chi connectivity index (χ2v) is 5.25. The van der Waals surface area contributed by atoms with Crippen molar-refractivity contribution in [3.8, 4) is 0 Å². The second kappa shape index (κ2) is 6.01. The molecule has 0 spiro atoms. The van der Waals surface area contributed by atoms with Crippen LogP contribution in [0.2, 0.25) is 0 Å². The SMILES string of the molecule is CC(CN1CCCC(C(=O)O)C1)c1ccccc1. The normalized spacial score (nSPS) is 22.6. The van der Waals surface area contributed by atoms with Gasteiger partial charge in [0.1, 0.15) is 0 Å². The standard InChI is InChI=1S/C15H21NO2/c1-12(13-6-3-2-4-7-13)10-16-9-5-8-14(11-16)15(17)18/h2-4,6-7,12,14H,5,8-11H2,1H3,(H,17,18). The molecule has 1 aromatic carbocycles. The van der Waals surface area contributed by atoms with Gasteiger partial charge in [-0.25, -0.2) is 0 Å². The van der Waals surface area contributed by atoms with E-state index in [1.165, 1.54) is 5.56 Å². The molecule has 3 nitrogen and oxygen atoms in total. The molecule has 0 aromatic heterocycles. The maximum atomic E-state index is 11.0. The van der Waals surface area contributed by atoms with Gasteiger partial charge >= 0.3 is 5.97 Å². The van der Waals surface area contributed by atoms with Crippen LogP contribution in [0.25, 0.3) is 0 Å². The fraction of sp³-hybridized carbons (Fsp3) is 0.533. The summed E-state index contributed by atoms with van der Waals surface area (Å²) in [5.74, 6) is -0.368. The number of nitrogens with zero attached hydrogens (tertiary/aromatic N) is 1. The Kier molecular flexibility index (Phi) is 4.37. The third-order valence-corrected chi connectivity index (χ3v) is 3.76. The predicted octanol–water partition coefficient (Wildman–Crippen LogP) is 2.59. The van der Waals surface area contributed by atoms with Gasteiger partial charge in [-0.2, -0.15) is 0 Å². The van der Waals surface area contributed by atoms with Crippen molar-refractivity contribution in [1.82, 2.24) is 4.90 Å². The molecule has 1 aromatic rings. The minimum absolute atomic E-state index is 0.179. The molecule has 1 fully saturated rings. The molecule has 0 bridgehead atoms. The van der Waals surface area contributed by atoms with Gasteiger partial charge < -0.3 is 10.0 Å². The second-order valence-electron chi connectivity index (χ2n) is 5.25. The highest BCUT2D eigenvalue weighted by Crippen LogP contribution is 2.21. The predicted molar refractivity (Wildman–Crippen MR) is 71.7 cm³/mol. The van der Waals surface area contributed by atoms with Crippen molar-refractivity contribution in [2.24, 2.45) is 5.92 Å². The van der Waals surface area contributed by atoms with Crippen LogP contribution in [-0.2, 0) is 4.79 Å². The van der Waals surface area contributed by atoms with Gasteiger partial charge in [-0.15, -0.1) is 0 Å². The third-order valence-electron chi connectivity index (χ3n) is 3.76. The molecule has 0 aliphatic carbocycles. The zero-order valence-corrected chi connectivity index (χ0v) is 10.9. The lowest BCUT2D eigenvalue weighted by Gasteiger charge is -2.32. The molecule has 98 valence electrons. The summed E-state index contributed by atoms with van der Waals surface area (Å²) in [6.07, 6.45) is 1.82. The lowest BCUT2D eigenvalue weighted by Crippen LogP contribution is -2.40. The van der Waals surface area contributed by atoms with Gasteiger partial charge in [0, 0.05) is 13.1 Å². The third kappa shape index (κ3) is 3.33. The topological polar surface area (TPSA) is 40.5 Å². The Morgan fingerprint density at radius 3 is 2.83 bits per heavy atom. The molecule has 0 saturated carbocycles. The molecule has 1 heterocycles. The molecule has 1 aliphatic rings. The van der Waals surface area contributed by atoms with Gasteiger partial charge in [0.15, 0.2) is 0 Å². The zero-order chi connectivity index (χ0) is 13.0. The Hall–Kier alpha value is -1.35. The molecule has 0 radical (unpaired) electrons. The maximum absolute atomic E-state index is 11.0. The van der Waals surface area contributed by atoms with Gasteiger partial charge in [-0.05, 0) is 30.9 Å². The van der Waals surface area contributed by atoms with Crippen LogP contribution < -0.4 is 0 Å². The number of piperidine rings is 1. The van der Waals surface area contributed by atoms with Crippen LogP contribution in [0.4, 0.5) is 0 Å². The molecule has 1 aliphatic heterocycles. The van der Waals surface area contributed by atoms with Gasteiger partial charge in [-0.1, -0.05) is 37.3 Å². The first-order valence-electron chi connectivity index (χ1n) is 6.67. The van der Waals surface area contributed by atoms with Crippen LogP contribution in [0.5, 0.6) is 0 Å². The first-order valence-corrected chi connectivity index (χ1v) is 6.67. The van der Waals surface area contributed by atoms with E-state index in [0.717, 1.165) is 25.9 Å². The summed E-state index contributed by atoms with van der Waals surface area (Å²) in [5, 5.41) is 9.08. The van der Waals surface area contributed by atoms with Crippen LogP contribution in [0.15, 0.2) is 30.3 Å². The van der Waals surface area contributed by atoms with Gasteiger partial charge in [0.25, 0.3) is 0 Å². The first kappa shape index (κ1) is 13.1. The number of likely N-dealkylation sites (tertiary alicyclic amines) is 1. The molecule has 2 atom stereocenters. The van der Waals surface area contributed by atoms with E-state index in [0.29, 0.717) is 12.5 Å². The van der Waals surface area contributed by atoms with Gasteiger partial charge in [0.2, 0.25) is 0 Å². The van der Waals surface area contributed by atoms with Crippen LogP contribution in [0.1, 0.15) is 31.2 Å². The van der Waals surface area contributed by atoms with Crippen LogP contribution in [0, 0.1) is 5.92 Å². The number of hydrogen-bond donors (Lipinski definition) is 1. The monoisotopic (exact) mass is 247 g/mol. The summed E-state index contributed by atoms with van der Waals surface area (Å²) < 4.78 is 0. The number of carboxylic acids is 1.